The van der Waals surface area contributed by atoms with Gasteiger partial charge in [-0.2, -0.15) is 0 Å². The summed E-state index contributed by atoms with van der Waals surface area (Å²) in [5, 5.41) is 1.17. The maximum atomic E-state index is 13.2. The average molecular weight is 342 g/mol. The maximum Gasteiger partial charge on any atom is 0.251 e. The molecule has 1 aliphatic heterocycles. The lowest BCUT2D eigenvalue weighted by Crippen LogP contribution is -2.45. The van der Waals surface area contributed by atoms with E-state index in [9.17, 15) is 8.78 Å². The number of alkyl halides is 2. The van der Waals surface area contributed by atoms with Gasteiger partial charge in [0.1, 0.15) is 5.82 Å². The molecular weight excluding hydrogens is 322 g/mol. The highest BCUT2D eigenvalue weighted by atomic mass is 19.3. The Balaban J connectivity index is 1.90. The molecule has 0 amide bonds. The Morgan fingerprint density at radius 3 is 2.68 bits per heavy atom. The van der Waals surface area contributed by atoms with E-state index in [0.29, 0.717) is 5.82 Å². The van der Waals surface area contributed by atoms with E-state index < -0.39 is 6.43 Å². The lowest BCUT2D eigenvalue weighted by atomic mass is 9.89. The van der Waals surface area contributed by atoms with Crippen molar-refractivity contribution in [3.63, 3.8) is 0 Å². The van der Waals surface area contributed by atoms with Gasteiger partial charge < -0.3 is 4.98 Å². The highest BCUT2D eigenvalue weighted by Gasteiger charge is 2.37. The van der Waals surface area contributed by atoms with Gasteiger partial charge in [0.2, 0.25) is 0 Å². The van der Waals surface area contributed by atoms with E-state index in [0.717, 1.165) is 23.2 Å². The molecule has 0 unspecified atom stereocenters. The van der Waals surface area contributed by atoms with Gasteiger partial charge >= 0.3 is 0 Å². The number of nitrogens with zero attached hydrogens (tertiary/aromatic N) is 3. The van der Waals surface area contributed by atoms with Gasteiger partial charge in [-0.1, -0.05) is 18.2 Å². The van der Waals surface area contributed by atoms with E-state index in [1.807, 2.05) is 36.9 Å². The first-order chi connectivity index (χ1) is 12.0. The SMILES string of the molecule is Cc1ncc([C@@H]2c3[nH]c4ccccc4c3C[C@@H](C)N2CC(F)F)cn1. The molecule has 2 aromatic heterocycles. The van der Waals surface area contributed by atoms with Crippen LogP contribution in [0.3, 0.4) is 0 Å². The molecule has 1 N–H and O–H groups in total. The van der Waals surface area contributed by atoms with E-state index in [-0.39, 0.29) is 18.6 Å². The summed E-state index contributed by atoms with van der Waals surface area (Å²) in [6.07, 6.45) is 1.86. The Morgan fingerprint density at radius 2 is 1.96 bits per heavy atom. The van der Waals surface area contributed by atoms with Gasteiger partial charge in [-0.25, -0.2) is 18.7 Å². The van der Waals surface area contributed by atoms with Crippen LogP contribution >= 0.6 is 0 Å². The van der Waals surface area contributed by atoms with Gasteiger partial charge in [-0.05, 0) is 31.9 Å². The fourth-order valence-corrected chi connectivity index (χ4v) is 3.85. The van der Waals surface area contributed by atoms with Crippen molar-refractivity contribution < 1.29 is 8.78 Å². The van der Waals surface area contributed by atoms with Crippen LogP contribution in [0, 0.1) is 6.92 Å². The third-order valence-corrected chi connectivity index (χ3v) is 4.98. The average Bonchev–Trinajstić information content (AvgIpc) is 2.94. The molecule has 1 aromatic carbocycles. The van der Waals surface area contributed by atoms with Gasteiger partial charge in [-0.15, -0.1) is 0 Å². The standard InChI is InChI=1S/C19H20F2N4/c1-11-7-15-14-5-3-4-6-16(14)24-18(15)19(25(11)10-17(20)21)13-8-22-12(2)23-9-13/h3-6,8-9,11,17,19,24H,7,10H2,1-2H3/t11-,19-/m1/s1. The Kier molecular flexibility index (Phi) is 4.00. The highest BCUT2D eigenvalue weighted by molar-refractivity contribution is 5.85. The molecule has 0 fully saturated rings. The first kappa shape index (κ1) is 16.1. The summed E-state index contributed by atoms with van der Waals surface area (Å²) < 4.78 is 26.5. The molecule has 1 aliphatic rings. The van der Waals surface area contributed by atoms with E-state index in [2.05, 4.69) is 21.0 Å². The van der Waals surface area contributed by atoms with Crippen LogP contribution in [0.5, 0.6) is 0 Å². The molecule has 4 rings (SSSR count). The number of aromatic nitrogens is 3. The summed E-state index contributed by atoms with van der Waals surface area (Å²) in [6, 6.07) is 7.82. The summed E-state index contributed by atoms with van der Waals surface area (Å²) in [6.45, 7) is 3.56. The Hall–Kier alpha value is -2.34. The van der Waals surface area contributed by atoms with Gasteiger partial charge in [0.25, 0.3) is 6.43 Å². The minimum atomic E-state index is -2.39. The van der Waals surface area contributed by atoms with E-state index in [1.54, 1.807) is 12.4 Å². The number of para-hydroxylation sites is 1. The van der Waals surface area contributed by atoms with Gasteiger partial charge in [-0.3, -0.25) is 4.90 Å². The zero-order chi connectivity index (χ0) is 17.6. The van der Waals surface area contributed by atoms with Crippen molar-refractivity contribution in [1.82, 2.24) is 19.9 Å². The number of fused-ring (bicyclic) bond motifs is 3. The molecule has 2 atom stereocenters. The minimum absolute atomic E-state index is 0.00649. The summed E-state index contributed by atoms with van der Waals surface area (Å²) in [4.78, 5) is 13.9. The fourth-order valence-electron chi connectivity index (χ4n) is 3.85. The smallest absolute Gasteiger partial charge is 0.251 e. The monoisotopic (exact) mass is 342 g/mol. The van der Waals surface area contributed by atoms with Crippen molar-refractivity contribution >= 4 is 10.9 Å². The number of nitrogens with one attached hydrogen (secondary N) is 1. The van der Waals surface area contributed by atoms with Crippen molar-refractivity contribution in [2.45, 2.75) is 38.8 Å². The van der Waals surface area contributed by atoms with Crippen LogP contribution < -0.4 is 0 Å². The Morgan fingerprint density at radius 1 is 1.24 bits per heavy atom. The molecule has 3 heterocycles. The molecule has 0 spiro atoms. The topological polar surface area (TPSA) is 44.8 Å². The van der Waals surface area contributed by atoms with Crippen molar-refractivity contribution in [3.05, 3.63) is 59.3 Å². The normalized spacial score (nSPS) is 21.0. The molecule has 130 valence electrons. The maximum absolute atomic E-state index is 13.2. The molecule has 0 saturated carbocycles. The quantitative estimate of drug-likeness (QED) is 0.786. The van der Waals surface area contributed by atoms with Crippen LogP contribution in [-0.4, -0.2) is 38.9 Å². The van der Waals surface area contributed by atoms with Gasteiger partial charge in [0.15, 0.2) is 0 Å². The van der Waals surface area contributed by atoms with Gasteiger partial charge in [0, 0.05) is 40.6 Å². The number of benzene rings is 1. The Bertz CT molecular complexity index is 888. The second-order valence-electron chi connectivity index (χ2n) is 6.67. The van der Waals surface area contributed by atoms with Gasteiger partial charge in [0.05, 0.1) is 12.6 Å². The number of halogens is 2. The number of hydrogen-bond donors (Lipinski definition) is 1. The first-order valence-corrected chi connectivity index (χ1v) is 8.46. The predicted octanol–water partition coefficient (Wildman–Crippen LogP) is 3.87. The van der Waals surface area contributed by atoms with Crippen LogP contribution in [-0.2, 0) is 6.42 Å². The van der Waals surface area contributed by atoms with E-state index >= 15 is 0 Å². The van der Waals surface area contributed by atoms with Crippen LogP contribution in [0.1, 0.15) is 35.6 Å². The number of hydrogen-bond acceptors (Lipinski definition) is 3. The number of aryl methyl sites for hydroxylation is 1. The summed E-state index contributed by atoms with van der Waals surface area (Å²) in [7, 11) is 0. The summed E-state index contributed by atoms with van der Waals surface area (Å²) >= 11 is 0. The zero-order valence-electron chi connectivity index (χ0n) is 14.2. The Labute approximate surface area is 144 Å². The summed E-state index contributed by atoms with van der Waals surface area (Å²) in [5.41, 5.74) is 4.06. The molecule has 25 heavy (non-hydrogen) atoms. The predicted molar refractivity (Wildman–Crippen MR) is 92.8 cm³/mol. The number of H-pyrrole nitrogens is 1. The second-order valence-corrected chi connectivity index (χ2v) is 6.67. The number of aromatic amines is 1. The van der Waals surface area contributed by atoms with Crippen LogP contribution in [0.25, 0.3) is 10.9 Å². The van der Waals surface area contributed by atoms with Crippen molar-refractivity contribution in [2.24, 2.45) is 0 Å². The number of rotatable bonds is 3. The van der Waals surface area contributed by atoms with Crippen LogP contribution in [0.4, 0.5) is 8.78 Å². The molecule has 4 nitrogen and oxygen atoms in total. The molecule has 0 bridgehead atoms. The molecular formula is C19H20F2N4. The molecule has 0 aliphatic carbocycles. The molecule has 6 heteroatoms. The second kappa shape index (κ2) is 6.19. The third-order valence-electron chi connectivity index (χ3n) is 4.98. The molecule has 0 saturated heterocycles. The largest absolute Gasteiger partial charge is 0.357 e. The van der Waals surface area contributed by atoms with E-state index in [1.165, 1.54) is 10.9 Å². The van der Waals surface area contributed by atoms with E-state index in [4.69, 9.17) is 0 Å². The molecule has 3 aromatic rings. The zero-order valence-corrected chi connectivity index (χ0v) is 14.2. The minimum Gasteiger partial charge on any atom is -0.357 e. The van der Waals surface area contributed by atoms with Crippen molar-refractivity contribution in [1.29, 1.82) is 0 Å². The third kappa shape index (κ3) is 2.80. The highest BCUT2D eigenvalue weighted by Crippen LogP contribution is 2.40. The van der Waals surface area contributed by atoms with Crippen molar-refractivity contribution in [2.75, 3.05) is 6.54 Å². The fraction of sp³-hybridized carbons (Fsp3) is 0.368. The van der Waals surface area contributed by atoms with Crippen LogP contribution in [0.15, 0.2) is 36.7 Å². The summed E-state index contributed by atoms with van der Waals surface area (Å²) in [5.74, 6) is 0.671. The lowest BCUT2D eigenvalue weighted by Gasteiger charge is -2.40. The first-order valence-electron chi connectivity index (χ1n) is 8.46. The lowest BCUT2D eigenvalue weighted by molar-refractivity contribution is 0.0454. The van der Waals surface area contributed by atoms with Crippen molar-refractivity contribution in [3.8, 4) is 0 Å². The van der Waals surface area contributed by atoms with Crippen LogP contribution in [0.2, 0.25) is 0 Å². The molecule has 0 radical (unpaired) electrons.